The molecule has 0 aliphatic heterocycles. The largest absolute Gasteiger partial charge is 0.573 e. The van der Waals surface area contributed by atoms with Crippen LogP contribution in [0, 0.1) is 0 Å². The first kappa shape index (κ1) is 25.4. The third kappa shape index (κ3) is 6.42. The predicted octanol–water partition coefficient (Wildman–Crippen LogP) is 6.25. The molecule has 5 nitrogen and oxygen atoms in total. The zero-order valence-electron chi connectivity index (χ0n) is 17.7. The van der Waals surface area contributed by atoms with Gasteiger partial charge in [-0.1, -0.05) is 53.5 Å². The molecule has 0 aliphatic rings. The van der Waals surface area contributed by atoms with Crippen LogP contribution in [0.15, 0.2) is 59.4 Å². The quantitative estimate of drug-likeness (QED) is 0.351. The van der Waals surface area contributed by atoms with Gasteiger partial charge in [-0.05, 0) is 54.3 Å². The lowest BCUT2D eigenvalue weighted by molar-refractivity contribution is -0.274. The summed E-state index contributed by atoms with van der Waals surface area (Å²) in [5.74, 6) is -0.805. The van der Waals surface area contributed by atoms with Crippen LogP contribution in [0.2, 0.25) is 10.0 Å². The maximum Gasteiger partial charge on any atom is 0.573 e. The van der Waals surface area contributed by atoms with Crippen molar-refractivity contribution in [3.05, 3.63) is 97.4 Å². The molecule has 0 aliphatic carbocycles. The topological polar surface area (TPSA) is 57.5 Å². The molecule has 3 rings (SSSR count). The molecule has 0 atom stereocenters. The van der Waals surface area contributed by atoms with Crippen LogP contribution in [-0.2, 0) is 17.6 Å². The zero-order valence-corrected chi connectivity index (χ0v) is 19.2. The van der Waals surface area contributed by atoms with Gasteiger partial charge < -0.3 is 9.47 Å². The normalized spacial score (nSPS) is 11.6. The summed E-state index contributed by atoms with van der Waals surface area (Å²) >= 11 is 12.3. The maximum atomic E-state index is 12.7. The van der Waals surface area contributed by atoms with Gasteiger partial charge in [0, 0.05) is 11.9 Å². The summed E-state index contributed by atoms with van der Waals surface area (Å²) < 4.78 is 48.2. The summed E-state index contributed by atoms with van der Waals surface area (Å²) in [5.41, 5.74) is 1.16. The molecular formula is C24H18Cl2F3NO4. The van der Waals surface area contributed by atoms with E-state index in [2.05, 4.69) is 9.47 Å². The number of methoxy groups -OCH3 is 1. The van der Waals surface area contributed by atoms with Crippen LogP contribution in [0.4, 0.5) is 13.2 Å². The fraction of sp³-hybridized carbons (Fsp3) is 0.167. The van der Waals surface area contributed by atoms with Crippen LogP contribution in [0.25, 0.3) is 12.3 Å². The zero-order chi connectivity index (χ0) is 24.9. The van der Waals surface area contributed by atoms with Crippen molar-refractivity contribution in [2.75, 3.05) is 7.11 Å². The highest BCUT2D eigenvalue weighted by atomic mass is 35.5. The number of hydrogen-bond acceptors (Lipinski definition) is 4. The summed E-state index contributed by atoms with van der Waals surface area (Å²) in [4.78, 5) is 24.3. The van der Waals surface area contributed by atoms with E-state index in [1.54, 1.807) is 36.4 Å². The fourth-order valence-corrected chi connectivity index (χ4v) is 3.75. The molecule has 0 fully saturated rings. The Hall–Kier alpha value is -3.23. The van der Waals surface area contributed by atoms with Crippen molar-refractivity contribution >= 4 is 41.4 Å². The van der Waals surface area contributed by atoms with Crippen molar-refractivity contribution < 1.29 is 27.4 Å². The number of para-hydroxylation sites is 1. The van der Waals surface area contributed by atoms with Crippen LogP contribution in [0.1, 0.15) is 27.2 Å². The maximum absolute atomic E-state index is 12.7. The Bertz CT molecular complexity index is 1270. The Kier molecular flexibility index (Phi) is 8.06. The number of carbonyl (C=O) groups excluding carboxylic acids is 1. The minimum absolute atomic E-state index is 0.111. The molecule has 3 aromatic rings. The number of rotatable bonds is 7. The monoisotopic (exact) mass is 511 g/mol. The van der Waals surface area contributed by atoms with Gasteiger partial charge in [0.2, 0.25) is 0 Å². The van der Waals surface area contributed by atoms with E-state index < -0.39 is 17.9 Å². The summed E-state index contributed by atoms with van der Waals surface area (Å²) in [6.07, 6.45) is -1.51. The molecule has 0 spiro atoms. The van der Waals surface area contributed by atoms with Gasteiger partial charge in [-0.25, -0.2) is 4.79 Å². The molecule has 1 heterocycles. The lowest BCUT2D eigenvalue weighted by Crippen LogP contribution is -2.21. The Balaban J connectivity index is 1.90. The van der Waals surface area contributed by atoms with Gasteiger partial charge in [0.15, 0.2) is 0 Å². The van der Waals surface area contributed by atoms with E-state index >= 15 is 0 Å². The molecule has 0 radical (unpaired) electrons. The average Bonchev–Trinajstić information content (AvgIpc) is 2.79. The Morgan fingerprint density at radius 2 is 1.71 bits per heavy atom. The van der Waals surface area contributed by atoms with Crippen LogP contribution in [0.5, 0.6) is 5.75 Å². The first-order chi connectivity index (χ1) is 16.1. The van der Waals surface area contributed by atoms with Crippen LogP contribution in [0.3, 0.4) is 0 Å². The number of aryl methyl sites for hydroxylation is 1. The van der Waals surface area contributed by atoms with Crippen LogP contribution >= 0.6 is 23.2 Å². The summed E-state index contributed by atoms with van der Waals surface area (Å²) in [6, 6.07) is 13.5. The standard InChI is InChI=1S/C24H18Cl2F3NO4/c1-33-23(32)17-8-6-15(7-9-17)12-13-30-20(18(25)14-19(26)22(30)31)11-10-16-4-2-3-5-21(16)34-24(27,28)29/h2-9,12-14H,10-11H2,1H3/b13-12+. The van der Waals surface area contributed by atoms with E-state index in [0.717, 1.165) is 0 Å². The van der Waals surface area contributed by atoms with Gasteiger partial charge in [0.25, 0.3) is 5.56 Å². The molecule has 0 N–H and O–H groups in total. The van der Waals surface area contributed by atoms with Gasteiger partial charge >= 0.3 is 12.3 Å². The van der Waals surface area contributed by atoms with E-state index in [4.69, 9.17) is 23.2 Å². The second kappa shape index (κ2) is 10.8. The molecule has 0 amide bonds. The van der Waals surface area contributed by atoms with Gasteiger partial charge in [0.1, 0.15) is 10.8 Å². The molecule has 34 heavy (non-hydrogen) atoms. The Morgan fingerprint density at radius 1 is 1.03 bits per heavy atom. The van der Waals surface area contributed by atoms with Crippen molar-refractivity contribution in [2.45, 2.75) is 19.2 Å². The average molecular weight is 512 g/mol. The molecule has 0 saturated carbocycles. The van der Waals surface area contributed by atoms with E-state index in [1.807, 2.05) is 0 Å². The number of esters is 1. The van der Waals surface area contributed by atoms with Gasteiger partial charge in [-0.2, -0.15) is 0 Å². The minimum atomic E-state index is -4.83. The molecule has 0 unspecified atom stereocenters. The Morgan fingerprint density at radius 3 is 2.35 bits per heavy atom. The minimum Gasteiger partial charge on any atom is -0.465 e. The van der Waals surface area contributed by atoms with Crippen molar-refractivity contribution in [1.82, 2.24) is 4.57 Å². The van der Waals surface area contributed by atoms with Crippen molar-refractivity contribution in [3.63, 3.8) is 0 Å². The lowest BCUT2D eigenvalue weighted by Gasteiger charge is -2.15. The molecular weight excluding hydrogens is 494 g/mol. The number of hydrogen-bond donors (Lipinski definition) is 0. The summed E-state index contributed by atoms with van der Waals surface area (Å²) in [7, 11) is 1.28. The first-order valence-corrected chi connectivity index (χ1v) is 10.6. The van der Waals surface area contributed by atoms with E-state index in [9.17, 15) is 22.8 Å². The number of halogens is 5. The number of pyridine rings is 1. The molecule has 10 heteroatoms. The second-order valence-corrected chi connectivity index (χ2v) is 7.86. The SMILES string of the molecule is COC(=O)c1ccc(/C=C/n2c(CCc3ccccc3OC(F)(F)F)c(Cl)cc(Cl)c2=O)cc1. The number of benzene rings is 2. The van der Waals surface area contributed by atoms with E-state index in [-0.39, 0.29) is 28.6 Å². The number of nitrogens with zero attached hydrogens (tertiary/aromatic N) is 1. The van der Waals surface area contributed by atoms with Gasteiger partial charge in [-0.3, -0.25) is 9.36 Å². The lowest BCUT2D eigenvalue weighted by atomic mass is 10.1. The second-order valence-electron chi connectivity index (χ2n) is 7.05. The van der Waals surface area contributed by atoms with Crippen LogP contribution in [-0.4, -0.2) is 24.0 Å². The van der Waals surface area contributed by atoms with Crippen molar-refractivity contribution in [2.24, 2.45) is 0 Å². The van der Waals surface area contributed by atoms with Gasteiger partial charge in [-0.15, -0.1) is 13.2 Å². The number of alkyl halides is 3. The predicted molar refractivity (Wildman–Crippen MR) is 124 cm³/mol. The number of aromatic nitrogens is 1. The highest BCUT2D eigenvalue weighted by Gasteiger charge is 2.32. The summed E-state index contributed by atoms with van der Waals surface area (Å²) in [6.45, 7) is 0. The molecule has 1 aromatic heterocycles. The van der Waals surface area contributed by atoms with E-state index in [1.165, 1.54) is 42.1 Å². The number of ether oxygens (including phenoxy) is 2. The molecule has 2 aromatic carbocycles. The summed E-state index contributed by atoms with van der Waals surface area (Å²) in [5, 5.41) is 0.0738. The van der Waals surface area contributed by atoms with Gasteiger partial charge in [0.05, 0.1) is 17.7 Å². The fourth-order valence-electron chi connectivity index (χ4n) is 3.20. The first-order valence-electron chi connectivity index (χ1n) is 9.88. The van der Waals surface area contributed by atoms with Crippen molar-refractivity contribution in [3.8, 4) is 5.75 Å². The van der Waals surface area contributed by atoms with Crippen molar-refractivity contribution in [1.29, 1.82) is 0 Å². The molecule has 0 saturated heterocycles. The highest BCUT2D eigenvalue weighted by Crippen LogP contribution is 2.28. The number of carbonyl (C=O) groups is 1. The Labute approximate surface area is 202 Å². The van der Waals surface area contributed by atoms with E-state index in [0.29, 0.717) is 22.4 Å². The highest BCUT2D eigenvalue weighted by molar-refractivity contribution is 6.34. The van der Waals surface area contributed by atoms with Crippen LogP contribution < -0.4 is 10.3 Å². The molecule has 0 bridgehead atoms. The smallest absolute Gasteiger partial charge is 0.465 e. The molecule has 178 valence electrons. The third-order valence-corrected chi connectivity index (χ3v) is 5.42. The third-order valence-electron chi connectivity index (χ3n) is 4.82.